The summed E-state index contributed by atoms with van der Waals surface area (Å²) in [7, 11) is 1.39. The van der Waals surface area contributed by atoms with E-state index in [2.05, 4.69) is 16.7 Å². The van der Waals surface area contributed by atoms with Crippen LogP contribution in [0.5, 0.6) is 0 Å². The molecule has 2 aliphatic rings. The first kappa shape index (κ1) is 23.4. The Hall–Kier alpha value is -3.39. The number of rotatable bonds is 5. The second-order valence-corrected chi connectivity index (χ2v) is 9.51. The Morgan fingerprint density at radius 1 is 1.23 bits per heavy atom. The van der Waals surface area contributed by atoms with Gasteiger partial charge in [0.25, 0.3) is 0 Å². The van der Waals surface area contributed by atoms with Crippen LogP contribution in [0, 0.1) is 6.92 Å². The highest BCUT2D eigenvalue weighted by Crippen LogP contribution is 2.34. The molecule has 3 aromatic rings. The minimum atomic E-state index is -0.864. The van der Waals surface area contributed by atoms with Crippen LogP contribution in [-0.2, 0) is 33.8 Å². The molecule has 0 saturated carbocycles. The van der Waals surface area contributed by atoms with E-state index in [-0.39, 0.29) is 18.6 Å². The van der Waals surface area contributed by atoms with Crippen molar-refractivity contribution >= 4 is 23.1 Å². The maximum Gasteiger partial charge on any atom is 0.409 e. The van der Waals surface area contributed by atoms with Crippen LogP contribution < -0.4 is 0 Å². The standard InChI is InChI=1S/C27H31N3O5/c1-17-5-7-18(8-6-17)22(26(31)32)15-30-23-10-9-19-11-12-29(27(33)34-2)14-21(19)24(23)28-25(30)20-4-3-13-35-16-20/h5-10,20,22H,3-4,11-16H2,1-2H3,(H,31,32)/t20-,22-/m0/s1. The molecule has 184 valence electrons. The van der Waals surface area contributed by atoms with E-state index in [1.807, 2.05) is 31.2 Å². The van der Waals surface area contributed by atoms with E-state index in [0.717, 1.165) is 59.4 Å². The number of methoxy groups -OCH3 is 1. The van der Waals surface area contributed by atoms with Crippen molar-refractivity contribution in [3.63, 3.8) is 0 Å². The Morgan fingerprint density at radius 2 is 2.03 bits per heavy atom. The number of aliphatic carboxylic acids is 1. The smallest absolute Gasteiger partial charge is 0.409 e. The molecule has 0 radical (unpaired) electrons. The fraction of sp³-hybridized carbons (Fsp3) is 0.444. The van der Waals surface area contributed by atoms with Crippen molar-refractivity contribution in [3.8, 4) is 0 Å². The molecule has 8 nitrogen and oxygen atoms in total. The summed E-state index contributed by atoms with van der Waals surface area (Å²) in [6.07, 6.45) is 2.28. The zero-order valence-electron chi connectivity index (χ0n) is 20.2. The first-order chi connectivity index (χ1) is 17.0. The summed E-state index contributed by atoms with van der Waals surface area (Å²) in [5, 5.41) is 10.2. The fourth-order valence-corrected chi connectivity index (χ4v) is 5.28. The number of amides is 1. The molecule has 0 unspecified atom stereocenters. The van der Waals surface area contributed by atoms with Gasteiger partial charge in [0.05, 0.1) is 37.2 Å². The van der Waals surface area contributed by atoms with Crippen molar-refractivity contribution in [1.29, 1.82) is 0 Å². The molecule has 5 rings (SSSR count). The highest BCUT2D eigenvalue weighted by Gasteiger charge is 2.30. The second kappa shape index (κ2) is 9.70. The van der Waals surface area contributed by atoms with E-state index >= 15 is 0 Å². The van der Waals surface area contributed by atoms with Crippen LogP contribution in [-0.4, -0.2) is 58.5 Å². The molecule has 2 aliphatic heterocycles. The largest absolute Gasteiger partial charge is 0.481 e. The maximum absolute atomic E-state index is 12.4. The molecular weight excluding hydrogens is 446 g/mol. The SMILES string of the molecule is COC(=O)N1CCc2ccc3c(nc([C@H]4CCCOC4)n3C[C@H](C(=O)O)c3ccc(C)cc3)c2C1. The Kier molecular flexibility index (Phi) is 6.47. The number of hydrogen-bond acceptors (Lipinski definition) is 5. The molecule has 2 aromatic carbocycles. The van der Waals surface area contributed by atoms with Crippen LogP contribution in [0.15, 0.2) is 36.4 Å². The van der Waals surface area contributed by atoms with E-state index in [1.54, 1.807) is 4.90 Å². The Labute approximate surface area is 204 Å². The van der Waals surface area contributed by atoms with E-state index in [1.165, 1.54) is 12.7 Å². The van der Waals surface area contributed by atoms with E-state index in [9.17, 15) is 14.7 Å². The third-order valence-corrected chi connectivity index (χ3v) is 7.25. The average Bonchev–Trinajstić information content (AvgIpc) is 3.26. The van der Waals surface area contributed by atoms with Crippen LogP contribution in [0.3, 0.4) is 0 Å². The number of imidazole rings is 1. The van der Waals surface area contributed by atoms with Gasteiger partial charge in [0, 0.05) is 31.2 Å². The Balaban J connectivity index is 1.61. The number of carbonyl (C=O) groups is 2. The minimum absolute atomic E-state index is 0.0968. The summed E-state index contributed by atoms with van der Waals surface area (Å²) < 4.78 is 12.8. The molecule has 8 heteroatoms. The number of aryl methyl sites for hydroxylation is 1. The summed E-state index contributed by atoms with van der Waals surface area (Å²) in [4.78, 5) is 31.4. The number of carboxylic acids is 1. The number of aromatic nitrogens is 2. The molecule has 0 bridgehead atoms. The number of fused-ring (bicyclic) bond motifs is 3. The first-order valence-electron chi connectivity index (χ1n) is 12.2. The van der Waals surface area contributed by atoms with Gasteiger partial charge in [0.15, 0.2) is 0 Å². The third kappa shape index (κ3) is 4.50. The highest BCUT2D eigenvalue weighted by molar-refractivity contribution is 5.83. The zero-order valence-corrected chi connectivity index (χ0v) is 20.2. The quantitative estimate of drug-likeness (QED) is 0.591. The lowest BCUT2D eigenvalue weighted by Crippen LogP contribution is -2.35. The molecule has 35 heavy (non-hydrogen) atoms. The fourth-order valence-electron chi connectivity index (χ4n) is 5.28. The van der Waals surface area contributed by atoms with Crippen molar-refractivity contribution in [1.82, 2.24) is 14.5 Å². The second-order valence-electron chi connectivity index (χ2n) is 9.51. The number of hydrogen-bond donors (Lipinski definition) is 1. The van der Waals surface area contributed by atoms with Gasteiger partial charge in [-0.15, -0.1) is 0 Å². The molecule has 3 heterocycles. The molecule has 1 aromatic heterocycles. The summed E-state index contributed by atoms with van der Waals surface area (Å²) in [6, 6.07) is 11.8. The minimum Gasteiger partial charge on any atom is -0.481 e. The molecule has 1 saturated heterocycles. The monoisotopic (exact) mass is 477 g/mol. The molecule has 1 N–H and O–H groups in total. The zero-order chi connectivity index (χ0) is 24.5. The average molecular weight is 478 g/mol. The van der Waals surface area contributed by atoms with Gasteiger partial charge >= 0.3 is 12.1 Å². The Morgan fingerprint density at radius 3 is 2.71 bits per heavy atom. The lowest BCUT2D eigenvalue weighted by Gasteiger charge is -2.27. The van der Waals surface area contributed by atoms with E-state index < -0.39 is 11.9 Å². The van der Waals surface area contributed by atoms with Crippen LogP contribution in [0.25, 0.3) is 11.0 Å². The predicted molar refractivity (Wildman–Crippen MR) is 131 cm³/mol. The van der Waals surface area contributed by atoms with Crippen molar-refractivity contribution < 1.29 is 24.2 Å². The summed E-state index contributed by atoms with van der Waals surface area (Å²) >= 11 is 0. The van der Waals surface area contributed by atoms with Gasteiger partial charge in [-0.2, -0.15) is 0 Å². The maximum atomic E-state index is 12.4. The summed E-state index contributed by atoms with van der Waals surface area (Å²) in [5.41, 5.74) is 5.78. The Bertz CT molecular complexity index is 1240. The molecule has 0 spiro atoms. The van der Waals surface area contributed by atoms with Crippen molar-refractivity contribution in [3.05, 3.63) is 64.5 Å². The number of nitrogens with zero attached hydrogens (tertiary/aromatic N) is 3. The van der Waals surface area contributed by atoms with Crippen molar-refractivity contribution in [2.24, 2.45) is 0 Å². The molecular formula is C27H31N3O5. The highest BCUT2D eigenvalue weighted by atomic mass is 16.5. The molecule has 1 fully saturated rings. The molecule has 2 atom stereocenters. The topological polar surface area (TPSA) is 93.9 Å². The van der Waals surface area contributed by atoms with Gasteiger partial charge in [0.1, 0.15) is 5.82 Å². The number of benzene rings is 2. The summed E-state index contributed by atoms with van der Waals surface area (Å²) in [5.74, 6) is -0.614. The summed E-state index contributed by atoms with van der Waals surface area (Å²) in [6.45, 7) is 4.61. The van der Waals surface area contributed by atoms with Crippen LogP contribution in [0.2, 0.25) is 0 Å². The van der Waals surface area contributed by atoms with Gasteiger partial charge in [-0.3, -0.25) is 4.79 Å². The van der Waals surface area contributed by atoms with E-state index in [0.29, 0.717) is 19.7 Å². The lowest BCUT2D eigenvalue weighted by molar-refractivity contribution is -0.139. The normalized spacial score (nSPS) is 18.8. The first-order valence-corrected chi connectivity index (χ1v) is 12.2. The van der Waals surface area contributed by atoms with Crippen LogP contribution >= 0.6 is 0 Å². The van der Waals surface area contributed by atoms with Gasteiger partial charge in [-0.25, -0.2) is 9.78 Å². The van der Waals surface area contributed by atoms with Gasteiger partial charge in [-0.1, -0.05) is 35.9 Å². The molecule has 1 amide bonds. The number of ether oxygens (including phenoxy) is 2. The predicted octanol–water partition coefficient (Wildman–Crippen LogP) is 4.23. The number of carbonyl (C=O) groups excluding carboxylic acids is 1. The van der Waals surface area contributed by atoms with Crippen molar-refractivity contribution in [2.75, 3.05) is 26.9 Å². The number of carboxylic acid groups (broad SMARTS) is 1. The van der Waals surface area contributed by atoms with Gasteiger partial charge < -0.3 is 24.0 Å². The third-order valence-electron chi connectivity index (χ3n) is 7.25. The van der Waals surface area contributed by atoms with Crippen LogP contribution in [0.4, 0.5) is 4.79 Å². The van der Waals surface area contributed by atoms with Gasteiger partial charge in [0.2, 0.25) is 0 Å². The van der Waals surface area contributed by atoms with Crippen molar-refractivity contribution in [2.45, 2.75) is 51.1 Å². The molecule has 0 aliphatic carbocycles. The van der Waals surface area contributed by atoms with Gasteiger partial charge in [-0.05, 0) is 43.4 Å². The lowest BCUT2D eigenvalue weighted by atomic mass is 9.96. The van der Waals surface area contributed by atoms with E-state index in [4.69, 9.17) is 14.5 Å². The van der Waals surface area contributed by atoms with Crippen LogP contribution in [0.1, 0.15) is 52.8 Å².